The molecule has 0 saturated heterocycles. The molecule has 3 nitrogen and oxygen atoms in total. The molecule has 0 saturated carbocycles. The molecule has 4 heteroatoms. The zero-order valence-corrected chi connectivity index (χ0v) is 12.1. The van der Waals surface area contributed by atoms with Gasteiger partial charge in [-0.25, -0.2) is 0 Å². The Morgan fingerprint density at radius 2 is 2.25 bits per heavy atom. The van der Waals surface area contributed by atoms with Crippen molar-refractivity contribution in [2.24, 2.45) is 0 Å². The van der Waals surface area contributed by atoms with Crippen LogP contribution in [0.25, 0.3) is 0 Å². The molecule has 1 atom stereocenters. The molecule has 0 spiro atoms. The van der Waals surface area contributed by atoms with E-state index in [0.29, 0.717) is 11.1 Å². The van der Waals surface area contributed by atoms with Crippen LogP contribution in [0.15, 0.2) is 41.8 Å². The molecule has 1 heterocycles. The van der Waals surface area contributed by atoms with Gasteiger partial charge in [-0.15, -0.1) is 11.3 Å². The Bertz CT molecular complexity index is 614. The minimum atomic E-state index is -0.131. The van der Waals surface area contributed by atoms with Gasteiger partial charge in [0.2, 0.25) is 0 Å². The SMILES string of the molecule is CCCC(NC(=O)c1cccc(C#N)c1)c1cccs1. The monoisotopic (exact) mass is 284 g/mol. The van der Waals surface area contributed by atoms with E-state index in [-0.39, 0.29) is 11.9 Å². The predicted molar refractivity (Wildman–Crippen MR) is 80.6 cm³/mol. The van der Waals surface area contributed by atoms with Crippen molar-refractivity contribution in [2.45, 2.75) is 25.8 Å². The van der Waals surface area contributed by atoms with E-state index in [1.807, 2.05) is 17.5 Å². The smallest absolute Gasteiger partial charge is 0.251 e. The summed E-state index contributed by atoms with van der Waals surface area (Å²) >= 11 is 1.65. The molecule has 1 aromatic heterocycles. The summed E-state index contributed by atoms with van der Waals surface area (Å²) in [6, 6.07) is 12.9. The van der Waals surface area contributed by atoms with Crippen molar-refractivity contribution in [3.8, 4) is 6.07 Å². The Hall–Kier alpha value is -2.12. The Kier molecular flexibility index (Phi) is 4.91. The molecule has 1 N–H and O–H groups in total. The van der Waals surface area contributed by atoms with Crippen molar-refractivity contribution in [3.63, 3.8) is 0 Å². The van der Waals surface area contributed by atoms with Crippen LogP contribution in [-0.2, 0) is 0 Å². The third-order valence-corrected chi connectivity index (χ3v) is 4.01. The second-order valence-electron chi connectivity index (χ2n) is 4.52. The number of nitrogens with zero attached hydrogens (tertiary/aromatic N) is 1. The molecule has 0 aliphatic rings. The molecule has 0 fully saturated rings. The largest absolute Gasteiger partial charge is 0.344 e. The fraction of sp³-hybridized carbons (Fsp3) is 0.250. The van der Waals surface area contributed by atoms with Crippen molar-refractivity contribution in [1.82, 2.24) is 5.32 Å². The summed E-state index contributed by atoms with van der Waals surface area (Å²) in [4.78, 5) is 13.4. The minimum Gasteiger partial charge on any atom is -0.344 e. The predicted octanol–water partition coefficient (Wildman–Crippen LogP) is 3.89. The maximum absolute atomic E-state index is 12.3. The average Bonchev–Trinajstić information content (AvgIpc) is 3.01. The lowest BCUT2D eigenvalue weighted by atomic mass is 10.1. The molecule has 1 aromatic carbocycles. The number of thiophene rings is 1. The lowest BCUT2D eigenvalue weighted by Crippen LogP contribution is -2.28. The number of hydrogen-bond acceptors (Lipinski definition) is 3. The fourth-order valence-corrected chi connectivity index (χ4v) is 2.85. The number of benzene rings is 1. The fourth-order valence-electron chi connectivity index (χ4n) is 2.04. The van der Waals surface area contributed by atoms with Gasteiger partial charge in [0.25, 0.3) is 5.91 Å². The quantitative estimate of drug-likeness (QED) is 0.905. The number of nitrogens with one attached hydrogen (secondary N) is 1. The highest BCUT2D eigenvalue weighted by molar-refractivity contribution is 7.10. The summed E-state index contributed by atoms with van der Waals surface area (Å²) < 4.78 is 0. The number of rotatable bonds is 5. The van der Waals surface area contributed by atoms with E-state index in [1.54, 1.807) is 35.6 Å². The summed E-state index contributed by atoms with van der Waals surface area (Å²) in [7, 11) is 0. The first kappa shape index (κ1) is 14.3. The van der Waals surface area contributed by atoms with E-state index in [1.165, 1.54) is 0 Å². The van der Waals surface area contributed by atoms with Crippen LogP contribution in [0.2, 0.25) is 0 Å². The average molecular weight is 284 g/mol. The van der Waals surface area contributed by atoms with Crippen LogP contribution in [0.5, 0.6) is 0 Å². The molecule has 0 radical (unpaired) electrons. The van der Waals surface area contributed by atoms with Crippen LogP contribution in [0, 0.1) is 11.3 Å². The molecule has 0 aliphatic heterocycles. The number of carbonyl (C=O) groups is 1. The first-order chi connectivity index (χ1) is 9.74. The van der Waals surface area contributed by atoms with E-state index in [0.717, 1.165) is 17.7 Å². The van der Waals surface area contributed by atoms with Gasteiger partial charge in [0.15, 0.2) is 0 Å². The summed E-state index contributed by atoms with van der Waals surface area (Å²) in [5.41, 5.74) is 1.03. The molecule has 1 unspecified atom stereocenters. The van der Waals surface area contributed by atoms with Crippen LogP contribution in [-0.4, -0.2) is 5.91 Å². The summed E-state index contributed by atoms with van der Waals surface area (Å²) in [6.07, 6.45) is 1.91. The Morgan fingerprint density at radius 1 is 1.40 bits per heavy atom. The van der Waals surface area contributed by atoms with Crippen LogP contribution in [0.4, 0.5) is 0 Å². The van der Waals surface area contributed by atoms with E-state index in [4.69, 9.17) is 5.26 Å². The van der Waals surface area contributed by atoms with Gasteiger partial charge in [0.1, 0.15) is 0 Å². The molecular formula is C16H16N2OS. The molecular weight excluding hydrogens is 268 g/mol. The third kappa shape index (κ3) is 3.46. The Morgan fingerprint density at radius 3 is 2.90 bits per heavy atom. The van der Waals surface area contributed by atoms with Gasteiger partial charge in [0, 0.05) is 10.4 Å². The minimum absolute atomic E-state index is 0.0400. The van der Waals surface area contributed by atoms with Crippen molar-refractivity contribution in [1.29, 1.82) is 5.26 Å². The number of carbonyl (C=O) groups excluding carboxylic acids is 1. The van der Waals surface area contributed by atoms with Crippen LogP contribution >= 0.6 is 11.3 Å². The summed E-state index contributed by atoms with van der Waals surface area (Å²) in [6.45, 7) is 2.10. The van der Waals surface area contributed by atoms with Crippen molar-refractivity contribution in [3.05, 3.63) is 57.8 Å². The molecule has 0 bridgehead atoms. The normalized spacial score (nSPS) is 11.6. The highest BCUT2D eigenvalue weighted by atomic mass is 32.1. The van der Waals surface area contributed by atoms with Crippen LogP contribution in [0.1, 0.15) is 46.6 Å². The first-order valence-corrected chi connectivity index (χ1v) is 7.47. The number of nitriles is 1. The Balaban J connectivity index is 2.14. The van der Waals surface area contributed by atoms with Crippen molar-refractivity contribution in [2.75, 3.05) is 0 Å². The number of hydrogen-bond donors (Lipinski definition) is 1. The summed E-state index contributed by atoms with van der Waals surface area (Å²) in [5, 5.41) is 13.9. The summed E-state index contributed by atoms with van der Waals surface area (Å²) in [5.74, 6) is -0.131. The molecule has 20 heavy (non-hydrogen) atoms. The van der Waals surface area contributed by atoms with E-state index < -0.39 is 0 Å². The van der Waals surface area contributed by atoms with Crippen molar-refractivity contribution >= 4 is 17.2 Å². The Labute approximate surface area is 122 Å². The highest BCUT2D eigenvalue weighted by Gasteiger charge is 2.16. The van der Waals surface area contributed by atoms with Gasteiger partial charge in [-0.1, -0.05) is 25.5 Å². The maximum atomic E-state index is 12.3. The second kappa shape index (κ2) is 6.88. The topological polar surface area (TPSA) is 52.9 Å². The van der Waals surface area contributed by atoms with Crippen LogP contribution < -0.4 is 5.32 Å². The van der Waals surface area contributed by atoms with Gasteiger partial charge in [-0.2, -0.15) is 5.26 Å². The number of amides is 1. The molecule has 1 amide bonds. The second-order valence-corrected chi connectivity index (χ2v) is 5.50. The van der Waals surface area contributed by atoms with Gasteiger partial charge < -0.3 is 5.32 Å². The first-order valence-electron chi connectivity index (χ1n) is 6.59. The third-order valence-electron chi connectivity index (χ3n) is 3.02. The van der Waals surface area contributed by atoms with Crippen LogP contribution in [0.3, 0.4) is 0 Å². The standard InChI is InChI=1S/C16H16N2OS/c1-2-5-14(15-8-4-9-20-15)18-16(19)13-7-3-6-12(10-13)11-17/h3-4,6-10,14H,2,5H2,1H3,(H,18,19). The van der Waals surface area contributed by atoms with Gasteiger partial charge in [-0.3, -0.25) is 4.79 Å². The zero-order chi connectivity index (χ0) is 14.4. The zero-order valence-electron chi connectivity index (χ0n) is 11.3. The van der Waals surface area contributed by atoms with Gasteiger partial charge >= 0.3 is 0 Å². The maximum Gasteiger partial charge on any atom is 0.251 e. The van der Waals surface area contributed by atoms with Gasteiger partial charge in [0.05, 0.1) is 17.7 Å². The molecule has 2 aromatic rings. The van der Waals surface area contributed by atoms with E-state index >= 15 is 0 Å². The van der Waals surface area contributed by atoms with E-state index in [2.05, 4.69) is 18.3 Å². The lowest BCUT2D eigenvalue weighted by Gasteiger charge is -2.16. The van der Waals surface area contributed by atoms with Crippen molar-refractivity contribution < 1.29 is 4.79 Å². The van der Waals surface area contributed by atoms with E-state index in [9.17, 15) is 4.79 Å². The highest BCUT2D eigenvalue weighted by Crippen LogP contribution is 2.23. The lowest BCUT2D eigenvalue weighted by molar-refractivity contribution is 0.0935. The molecule has 0 aliphatic carbocycles. The van der Waals surface area contributed by atoms with Gasteiger partial charge in [-0.05, 0) is 36.1 Å². The molecule has 2 rings (SSSR count). The molecule has 102 valence electrons.